The lowest BCUT2D eigenvalue weighted by Gasteiger charge is -2.12. The second-order valence-corrected chi connectivity index (χ2v) is 5.73. The van der Waals surface area contributed by atoms with Crippen molar-refractivity contribution in [2.24, 2.45) is 0 Å². The van der Waals surface area contributed by atoms with Crippen molar-refractivity contribution in [1.29, 1.82) is 0 Å². The predicted octanol–water partition coefficient (Wildman–Crippen LogP) is 4.80. The van der Waals surface area contributed by atoms with Crippen molar-refractivity contribution in [2.45, 2.75) is 6.92 Å². The van der Waals surface area contributed by atoms with Gasteiger partial charge in [0.05, 0.1) is 17.3 Å². The molecule has 0 aliphatic heterocycles. The molecule has 3 rings (SSSR count). The maximum Gasteiger partial charge on any atom is 0.172 e. The second kappa shape index (κ2) is 7.31. The molecule has 0 saturated heterocycles. The largest absolute Gasteiger partial charge is 0.507 e. The zero-order chi connectivity index (χ0) is 16.9. The smallest absolute Gasteiger partial charge is 0.172 e. The number of ether oxygens (including phenoxy) is 2. The summed E-state index contributed by atoms with van der Waals surface area (Å²) in [6, 6.07) is 12.6. The quantitative estimate of drug-likeness (QED) is 0.681. The first-order valence-electron chi connectivity index (χ1n) is 7.37. The van der Waals surface area contributed by atoms with Gasteiger partial charge in [0.2, 0.25) is 0 Å². The highest BCUT2D eigenvalue weighted by atomic mass is 79.9. The maximum atomic E-state index is 10.3. The number of phenols is 1. The lowest BCUT2D eigenvalue weighted by atomic mass is 10.1. The van der Waals surface area contributed by atoms with Crippen LogP contribution in [0.3, 0.4) is 0 Å². The first-order valence-corrected chi connectivity index (χ1v) is 8.17. The summed E-state index contributed by atoms with van der Waals surface area (Å²) in [5.41, 5.74) is 1.05. The summed E-state index contributed by atoms with van der Waals surface area (Å²) in [5, 5.41) is 10.3. The number of phenolic OH excluding ortho intramolecular Hbond substituents is 1. The Balaban J connectivity index is 1.99. The Morgan fingerprint density at radius 3 is 2.71 bits per heavy atom. The standard InChI is InChI=1S/C18H15BrN2O3/c1-2-23-12-7-8-13(15(22)9-12)18-17(10-20-11-21-18)24-16-6-4-3-5-14(16)19/h3-11,22H,2H2,1H3. The van der Waals surface area contributed by atoms with E-state index in [2.05, 4.69) is 25.9 Å². The summed E-state index contributed by atoms with van der Waals surface area (Å²) in [7, 11) is 0. The zero-order valence-corrected chi connectivity index (χ0v) is 14.5. The summed E-state index contributed by atoms with van der Waals surface area (Å²) >= 11 is 3.44. The van der Waals surface area contributed by atoms with Gasteiger partial charge in [-0.3, -0.25) is 0 Å². The van der Waals surface area contributed by atoms with Crippen LogP contribution in [0.2, 0.25) is 0 Å². The second-order valence-electron chi connectivity index (χ2n) is 4.88. The average molecular weight is 387 g/mol. The van der Waals surface area contributed by atoms with Gasteiger partial charge in [-0.25, -0.2) is 9.97 Å². The van der Waals surface area contributed by atoms with Crippen molar-refractivity contribution in [3.8, 4) is 34.3 Å². The SMILES string of the molecule is CCOc1ccc(-c2ncncc2Oc2ccccc2Br)c(O)c1. The van der Waals surface area contributed by atoms with Crippen molar-refractivity contribution in [2.75, 3.05) is 6.61 Å². The molecule has 6 heteroatoms. The number of hydrogen-bond acceptors (Lipinski definition) is 5. The van der Waals surface area contributed by atoms with Crippen molar-refractivity contribution in [3.05, 3.63) is 59.5 Å². The topological polar surface area (TPSA) is 64.5 Å². The summed E-state index contributed by atoms with van der Waals surface area (Å²) in [5.74, 6) is 1.75. The minimum Gasteiger partial charge on any atom is -0.507 e. The molecule has 1 N–H and O–H groups in total. The lowest BCUT2D eigenvalue weighted by Crippen LogP contribution is -1.95. The third kappa shape index (κ3) is 3.49. The molecule has 0 fully saturated rings. The van der Waals surface area contributed by atoms with Gasteiger partial charge in [0.1, 0.15) is 29.3 Å². The van der Waals surface area contributed by atoms with E-state index in [-0.39, 0.29) is 5.75 Å². The number of aromatic nitrogens is 2. The first-order chi connectivity index (χ1) is 11.7. The molecule has 0 amide bonds. The highest BCUT2D eigenvalue weighted by molar-refractivity contribution is 9.10. The molecular weight excluding hydrogens is 372 g/mol. The van der Waals surface area contributed by atoms with Crippen LogP contribution in [0.1, 0.15) is 6.92 Å². The highest BCUT2D eigenvalue weighted by Crippen LogP contribution is 2.38. The lowest BCUT2D eigenvalue weighted by molar-refractivity contribution is 0.338. The highest BCUT2D eigenvalue weighted by Gasteiger charge is 2.15. The number of hydrogen-bond donors (Lipinski definition) is 1. The molecule has 24 heavy (non-hydrogen) atoms. The molecule has 1 heterocycles. The van der Waals surface area contributed by atoms with E-state index in [0.717, 1.165) is 4.47 Å². The molecule has 122 valence electrons. The Bertz CT molecular complexity index is 855. The van der Waals surface area contributed by atoms with Crippen molar-refractivity contribution in [3.63, 3.8) is 0 Å². The summed E-state index contributed by atoms with van der Waals surface area (Å²) < 4.78 is 12.1. The molecule has 0 bridgehead atoms. The Hall–Kier alpha value is -2.60. The predicted molar refractivity (Wildman–Crippen MR) is 94.5 cm³/mol. The van der Waals surface area contributed by atoms with E-state index in [1.807, 2.05) is 31.2 Å². The first kappa shape index (κ1) is 16.3. The van der Waals surface area contributed by atoms with Gasteiger partial charge in [-0.15, -0.1) is 0 Å². The van der Waals surface area contributed by atoms with E-state index >= 15 is 0 Å². The van der Waals surface area contributed by atoms with Gasteiger partial charge in [-0.2, -0.15) is 0 Å². The fourth-order valence-electron chi connectivity index (χ4n) is 2.21. The third-order valence-corrected chi connectivity index (χ3v) is 3.93. The zero-order valence-electron chi connectivity index (χ0n) is 12.9. The van der Waals surface area contributed by atoms with Crippen LogP contribution in [-0.4, -0.2) is 21.7 Å². The minimum absolute atomic E-state index is 0.0663. The van der Waals surface area contributed by atoms with Gasteiger partial charge in [0.25, 0.3) is 0 Å². The molecule has 2 aromatic carbocycles. The molecule has 0 aliphatic rings. The van der Waals surface area contributed by atoms with Crippen molar-refractivity contribution < 1.29 is 14.6 Å². The van der Waals surface area contributed by atoms with Crippen molar-refractivity contribution >= 4 is 15.9 Å². The minimum atomic E-state index is 0.0663. The van der Waals surface area contributed by atoms with Gasteiger partial charge in [0.15, 0.2) is 5.75 Å². The van der Waals surface area contributed by atoms with Crippen LogP contribution in [0.5, 0.6) is 23.0 Å². The molecule has 3 aromatic rings. The fourth-order valence-corrected chi connectivity index (χ4v) is 2.57. The van der Waals surface area contributed by atoms with Crippen molar-refractivity contribution in [1.82, 2.24) is 9.97 Å². The Kier molecular flexibility index (Phi) is 4.96. The molecule has 0 atom stereocenters. The maximum absolute atomic E-state index is 10.3. The monoisotopic (exact) mass is 386 g/mol. The van der Waals surface area contributed by atoms with Gasteiger partial charge in [-0.1, -0.05) is 12.1 Å². The van der Waals surface area contributed by atoms with Gasteiger partial charge in [-0.05, 0) is 47.1 Å². The molecule has 0 spiro atoms. The summed E-state index contributed by atoms with van der Waals surface area (Å²) in [6.07, 6.45) is 2.98. The summed E-state index contributed by atoms with van der Waals surface area (Å²) in [6.45, 7) is 2.42. The normalized spacial score (nSPS) is 10.4. The molecule has 0 saturated carbocycles. The van der Waals surface area contributed by atoms with Crippen LogP contribution in [0, 0.1) is 0 Å². The number of benzene rings is 2. The number of rotatable bonds is 5. The van der Waals surface area contributed by atoms with E-state index in [1.54, 1.807) is 24.4 Å². The van der Waals surface area contributed by atoms with Crippen LogP contribution in [0.25, 0.3) is 11.3 Å². The Morgan fingerprint density at radius 2 is 1.96 bits per heavy atom. The van der Waals surface area contributed by atoms with Gasteiger partial charge < -0.3 is 14.6 Å². The van der Waals surface area contributed by atoms with Crippen LogP contribution in [-0.2, 0) is 0 Å². The molecule has 5 nitrogen and oxygen atoms in total. The van der Waals surface area contributed by atoms with Crippen LogP contribution in [0.4, 0.5) is 0 Å². The van der Waals surface area contributed by atoms with E-state index in [4.69, 9.17) is 9.47 Å². The molecule has 0 unspecified atom stereocenters. The Morgan fingerprint density at radius 1 is 1.12 bits per heavy atom. The van der Waals surface area contributed by atoms with E-state index in [0.29, 0.717) is 35.1 Å². The molecule has 1 aromatic heterocycles. The molecule has 0 radical (unpaired) electrons. The average Bonchev–Trinajstić information content (AvgIpc) is 2.58. The van der Waals surface area contributed by atoms with Crippen LogP contribution >= 0.6 is 15.9 Å². The number of halogens is 1. The van der Waals surface area contributed by atoms with Gasteiger partial charge >= 0.3 is 0 Å². The summed E-state index contributed by atoms with van der Waals surface area (Å²) in [4.78, 5) is 8.27. The van der Waals surface area contributed by atoms with Crippen LogP contribution in [0.15, 0.2) is 59.5 Å². The molecule has 0 aliphatic carbocycles. The van der Waals surface area contributed by atoms with E-state index < -0.39 is 0 Å². The number of aromatic hydroxyl groups is 1. The number of nitrogens with zero attached hydrogens (tertiary/aromatic N) is 2. The van der Waals surface area contributed by atoms with E-state index in [1.165, 1.54) is 6.33 Å². The van der Waals surface area contributed by atoms with Gasteiger partial charge in [0, 0.05) is 11.6 Å². The number of para-hydroxylation sites is 1. The third-order valence-electron chi connectivity index (χ3n) is 3.27. The van der Waals surface area contributed by atoms with Crippen LogP contribution < -0.4 is 9.47 Å². The fraction of sp³-hybridized carbons (Fsp3) is 0.111. The molecular formula is C18H15BrN2O3. The van der Waals surface area contributed by atoms with E-state index in [9.17, 15) is 5.11 Å². The Labute approximate surface area is 148 Å².